The Hall–Kier alpha value is -2.45. The Balaban J connectivity index is 2.40. The minimum atomic E-state index is -4.94. The number of rotatable bonds is 3. The van der Waals surface area contributed by atoms with Crippen molar-refractivity contribution < 1.29 is 22.5 Å². The lowest BCUT2D eigenvalue weighted by Gasteiger charge is -2.03. The Kier molecular flexibility index (Phi) is 3.43. The second-order valence-electron chi connectivity index (χ2n) is 3.91. The van der Waals surface area contributed by atoms with Crippen LogP contribution in [0.15, 0.2) is 30.5 Å². The summed E-state index contributed by atoms with van der Waals surface area (Å²) in [6.45, 7) is -0.330. The van der Waals surface area contributed by atoms with E-state index in [1.807, 2.05) is 0 Å². The van der Waals surface area contributed by atoms with Crippen LogP contribution in [0, 0.1) is 15.9 Å². The van der Waals surface area contributed by atoms with Crippen molar-refractivity contribution in [1.82, 2.24) is 9.78 Å². The number of nitro groups is 1. The van der Waals surface area contributed by atoms with Crippen molar-refractivity contribution in [3.8, 4) is 0 Å². The largest absolute Gasteiger partial charge is 0.442 e. The average Bonchev–Trinajstić information content (AvgIpc) is 2.76. The highest BCUT2D eigenvalue weighted by Gasteiger charge is 2.42. The van der Waals surface area contributed by atoms with Crippen LogP contribution in [0.1, 0.15) is 11.3 Å². The van der Waals surface area contributed by atoms with Gasteiger partial charge >= 0.3 is 11.9 Å². The summed E-state index contributed by atoms with van der Waals surface area (Å²) in [6, 6.07) is 5.42. The molecular weight excluding hydrogens is 282 g/mol. The van der Waals surface area contributed by atoms with Crippen LogP contribution < -0.4 is 0 Å². The standard InChI is InChI=1S/C11H7F4N3O2/c12-8-4-2-1-3-7(8)5-17-6-9(18(19)20)10(16-17)11(13,14)15/h1-4,6H,5H2. The molecule has 0 unspecified atom stereocenters. The molecule has 106 valence electrons. The Morgan fingerprint density at radius 3 is 2.45 bits per heavy atom. The molecule has 0 aliphatic heterocycles. The third-order valence-corrected chi connectivity index (χ3v) is 2.50. The number of hydrogen-bond acceptors (Lipinski definition) is 3. The summed E-state index contributed by atoms with van der Waals surface area (Å²) in [5.74, 6) is -0.626. The second-order valence-corrected chi connectivity index (χ2v) is 3.91. The molecule has 2 aromatic rings. The topological polar surface area (TPSA) is 61.0 Å². The van der Waals surface area contributed by atoms with Crippen molar-refractivity contribution in [1.29, 1.82) is 0 Å². The highest BCUT2D eigenvalue weighted by atomic mass is 19.4. The molecule has 0 amide bonds. The van der Waals surface area contributed by atoms with E-state index in [0.29, 0.717) is 10.9 Å². The SMILES string of the molecule is O=[N+]([O-])c1cn(Cc2ccccc2F)nc1C(F)(F)F. The Morgan fingerprint density at radius 2 is 1.95 bits per heavy atom. The number of aromatic nitrogens is 2. The quantitative estimate of drug-likeness (QED) is 0.496. The van der Waals surface area contributed by atoms with Gasteiger partial charge in [0.2, 0.25) is 5.69 Å². The minimum absolute atomic E-state index is 0.0821. The van der Waals surface area contributed by atoms with Gasteiger partial charge in [-0.25, -0.2) is 4.39 Å². The van der Waals surface area contributed by atoms with Gasteiger partial charge in [-0.2, -0.15) is 18.3 Å². The zero-order valence-corrected chi connectivity index (χ0v) is 9.76. The fourth-order valence-electron chi connectivity index (χ4n) is 1.63. The molecule has 0 N–H and O–H groups in total. The molecule has 0 saturated carbocycles. The Morgan fingerprint density at radius 1 is 1.30 bits per heavy atom. The van der Waals surface area contributed by atoms with E-state index in [1.54, 1.807) is 0 Å². The van der Waals surface area contributed by atoms with E-state index in [2.05, 4.69) is 5.10 Å². The molecule has 2 rings (SSSR count). The lowest BCUT2D eigenvalue weighted by atomic mass is 10.2. The van der Waals surface area contributed by atoms with Gasteiger partial charge in [0.25, 0.3) is 0 Å². The lowest BCUT2D eigenvalue weighted by molar-refractivity contribution is -0.388. The summed E-state index contributed by atoms with van der Waals surface area (Å²) in [5, 5.41) is 13.7. The first-order chi connectivity index (χ1) is 9.29. The fraction of sp³-hybridized carbons (Fsp3) is 0.182. The van der Waals surface area contributed by atoms with Gasteiger partial charge in [0, 0.05) is 5.56 Å². The highest BCUT2D eigenvalue weighted by molar-refractivity contribution is 5.35. The Bertz CT molecular complexity index is 651. The molecule has 5 nitrogen and oxygen atoms in total. The van der Waals surface area contributed by atoms with Crippen molar-refractivity contribution in [2.45, 2.75) is 12.7 Å². The maximum absolute atomic E-state index is 13.4. The third-order valence-electron chi connectivity index (χ3n) is 2.50. The molecule has 0 aliphatic carbocycles. The Labute approximate surface area is 109 Å². The smallest absolute Gasteiger partial charge is 0.260 e. The van der Waals surface area contributed by atoms with Crippen molar-refractivity contribution in [3.05, 3.63) is 57.7 Å². The molecule has 0 atom stereocenters. The predicted molar refractivity (Wildman–Crippen MR) is 59.4 cm³/mol. The lowest BCUT2D eigenvalue weighted by Crippen LogP contribution is -2.10. The van der Waals surface area contributed by atoms with E-state index in [4.69, 9.17) is 0 Å². The van der Waals surface area contributed by atoms with Gasteiger partial charge in [-0.15, -0.1) is 0 Å². The van der Waals surface area contributed by atoms with Gasteiger partial charge < -0.3 is 0 Å². The van der Waals surface area contributed by atoms with E-state index in [1.165, 1.54) is 18.2 Å². The molecule has 0 radical (unpaired) electrons. The monoisotopic (exact) mass is 289 g/mol. The van der Waals surface area contributed by atoms with E-state index in [0.717, 1.165) is 6.07 Å². The molecule has 1 aromatic carbocycles. The molecule has 0 aliphatic rings. The molecule has 1 heterocycles. The molecule has 9 heteroatoms. The van der Waals surface area contributed by atoms with Crippen LogP contribution in [0.3, 0.4) is 0 Å². The van der Waals surface area contributed by atoms with Crippen molar-refractivity contribution in [2.75, 3.05) is 0 Å². The number of nitrogens with zero attached hydrogens (tertiary/aromatic N) is 3. The molecule has 0 bridgehead atoms. The van der Waals surface area contributed by atoms with Crippen LogP contribution in [0.2, 0.25) is 0 Å². The maximum Gasteiger partial charge on any atom is 0.442 e. The van der Waals surface area contributed by atoms with Crippen molar-refractivity contribution in [2.24, 2.45) is 0 Å². The number of halogens is 4. The van der Waals surface area contributed by atoms with Crippen LogP contribution >= 0.6 is 0 Å². The van der Waals surface area contributed by atoms with Crippen LogP contribution in [-0.2, 0) is 12.7 Å². The van der Waals surface area contributed by atoms with Gasteiger partial charge in [-0.05, 0) is 6.07 Å². The van der Waals surface area contributed by atoms with Crippen LogP contribution in [0.25, 0.3) is 0 Å². The molecule has 1 aromatic heterocycles. The summed E-state index contributed by atoms with van der Waals surface area (Å²) in [5.41, 5.74) is -2.67. The first kappa shape index (κ1) is 14.0. The zero-order chi connectivity index (χ0) is 14.9. The number of hydrogen-bond donors (Lipinski definition) is 0. The van der Waals surface area contributed by atoms with Crippen molar-refractivity contribution in [3.63, 3.8) is 0 Å². The van der Waals surface area contributed by atoms with Crippen LogP contribution in [0.5, 0.6) is 0 Å². The van der Waals surface area contributed by atoms with Gasteiger partial charge in [0.1, 0.15) is 12.0 Å². The molecular formula is C11H7F4N3O2. The van der Waals surface area contributed by atoms with E-state index in [9.17, 15) is 27.7 Å². The highest BCUT2D eigenvalue weighted by Crippen LogP contribution is 2.34. The van der Waals surface area contributed by atoms with Crippen LogP contribution in [0.4, 0.5) is 23.2 Å². The fourth-order valence-corrected chi connectivity index (χ4v) is 1.63. The molecule has 0 spiro atoms. The summed E-state index contributed by atoms with van der Waals surface area (Å²) >= 11 is 0. The van der Waals surface area contributed by atoms with E-state index >= 15 is 0 Å². The van der Waals surface area contributed by atoms with Gasteiger partial charge in [0.05, 0.1) is 11.5 Å². The first-order valence-corrected chi connectivity index (χ1v) is 5.31. The minimum Gasteiger partial charge on any atom is -0.260 e. The second kappa shape index (κ2) is 4.91. The zero-order valence-electron chi connectivity index (χ0n) is 9.76. The molecule has 0 fully saturated rings. The van der Waals surface area contributed by atoms with Gasteiger partial charge in [-0.1, -0.05) is 18.2 Å². The first-order valence-electron chi connectivity index (χ1n) is 5.31. The number of alkyl halides is 3. The van der Waals surface area contributed by atoms with E-state index < -0.39 is 28.3 Å². The number of benzene rings is 1. The summed E-state index contributed by atoms with van der Waals surface area (Å²) in [4.78, 5) is 9.41. The summed E-state index contributed by atoms with van der Waals surface area (Å²) in [7, 11) is 0. The van der Waals surface area contributed by atoms with E-state index in [-0.39, 0.29) is 12.1 Å². The molecule has 20 heavy (non-hydrogen) atoms. The van der Waals surface area contributed by atoms with Crippen molar-refractivity contribution >= 4 is 5.69 Å². The van der Waals surface area contributed by atoms with Gasteiger partial charge in [0.15, 0.2) is 0 Å². The van der Waals surface area contributed by atoms with Gasteiger partial charge in [-0.3, -0.25) is 14.8 Å². The normalized spacial score (nSPS) is 11.6. The maximum atomic E-state index is 13.4. The third kappa shape index (κ3) is 2.76. The van der Waals surface area contributed by atoms with Crippen LogP contribution in [-0.4, -0.2) is 14.7 Å². The molecule has 0 saturated heterocycles. The summed E-state index contributed by atoms with van der Waals surface area (Å²) < 4.78 is 51.8. The summed E-state index contributed by atoms with van der Waals surface area (Å²) in [6.07, 6.45) is -4.31. The predicted octanol–water partition coefficient (Wildman–Crippen LogP) is 3.00. The average molecular weight is 289 g/mol.